The highest BCUT2D eigenvalue weighted by molar-refractivity contribution is 5.96. The van der Waals surface area contributed by atoms with Gasteiger partial charge in [-0.2, -0.15) is 0 Å². The Bertz CT molecular complexity index is 1030. The molecule has 7 heteroatoms. The van der Waals surface area contributed by atoms with Gasteiger partial charge in [-0.05, 0) is 48.9 Å². The molecule has 3 rings (SSSR count). The maximum atomic E-state index is 12.1. The lowest BCUT2D eigenvalue weighted by Crippen LogP contribution is -2.43. The second-order valence-electron chi connectivity index (χ2n) is 6.74. The van der Waals surface area contributed by atoms with E-state index < -0.39 is 24.4 Å². The molecule has 0 bridgehead atoms. The van der Waals surface area contributed by atoms with E-state index in [4.69, 9.17) is 9.47 Å². The fourth-order valence-corrected chi connectivity index (χ4v) is 2.58. The highest BCUT2D eigenvalue weighted by Gasteiger charge is 2.12. The summed E-state index contributed by atoms with van der Waals surface area (Å²) in [6.45, 7) is 1.79. The smallest absolute Gasteiger partial charge is 0.338 e. The van der Waals surface area contributed by atoms with Gasteiger partial charge in [-0.15, -0.1) is 0 Å². The van der Waals surface area contributed by atoms with Gasteiger partial charge >= 0.3 is 5.97 Å². The van der Waals surface area contributed by atoms with Gasteiger partial charge in [-0.1, -0.05) is 48.0 Å². The van der Waals surface area contributed by atoms with Crippen LogP contribution in [0, 0.1) is 6.92 Å². The van der Waals surface area contributed by atoms with Gasteiger partial charge in [-0.25, -0.2) is 4.79 Å². The van der Waals surface area contributed by atoms with Gasteiger partial charge in [0.1, 0.15) is 12.4 Å². The molecule has 7 nitrogen and oxygen atoms in total. The third-order valence-corrected chi connectivity index (χ3v) is 4.30. The summed E-state index contributed by atoms with van der Waals surface area (Å²) >= 11 is 0. The molecule has 0 saturated carbocycles. The van der Waals surface area contributed by atoms with Gasteiger partial charge < -0.3 is 9.47 Å². The molecule has 0 aliphatic carbocycles. The second-order valence-corrected chi connectivity index (χ2v) is 6.74. The van der Waals surface area contributed by atoms with Crippen LogP contribution in [0.3, 0.4) is 0 Å². The highest BCUT2D eigenvalue weighted by Crippen LogP contribution is 2.15. The van der Waals surface area contributed by atoms with Crippen molar-refractivity contribution < 1.29 is 23.9 Å². The average Bonchev–Trinajstić information content (AvgIpc) is 2.81. The summed E-state index contributed by atoms with van der Waals surface area (Å²) in [5.74, 6) is -1.17. The molecule has 2 N–H and O–H groups in total. The molecule has 0 saturated heterocycles. The Morgan fingerprint density at radius 2 is 1.42 bits per heavy atom. The first-order valence-corrected chi connectivity index (χ1v) is 9.61. The minimum Gasteiger partial charge on any atom is -0.489 e. The summed E-state index contributed by atoms with van der Waals surface area (Å²) < 4.78 is 10.6. The molecular weight excluding hydrogens is 396 g/mol. The fourth-order valence-electron chi connectivity index (χ4n) is 2.58. The molecule has 0 aliphatic heterocycles. The number of hydrogen-bond donors (Lipinski definition) is 2. The van der Waals surface area contributed by atoms with E-state index in [1.54, 1.807) is 48.5 Å². The molecule has 0 heterocycles. The number of aryl methyl sites for hydroxylation is 1. The van der Waals surface area contributed by atoms with E-state index in [2.05, 4.69) is 10.9 Å². The molecule has 158 valence electrons. The monoisotopic (exact) mass is 418 g/mol. The van der Waals surface area contributed by atoms with Crippen molar-refractivity contribution in [3.05, 3.63) is 101 Å². The number of nitrogens with one attached hydrogen (secondary N) is 2. The SMILES string of the molecule is Cc1ccc(C(=O)NNC(=O)COC(=O)c2ccc(OCc3ccccc3)cc2)cc1. The maximum absolute atomic E-state index is 12.1. The molecule has 2 amide bonds. The lowest BCUT2D eigenvalue weighted by atomic mass is 10.1. The number of carbonyl (C=O) groups excluding carboxylic acids is 3. The normalized spacial score (nSPS) is 10.1. The van der Waals surface area contributed by atoms with Crippen LogP contribution in [-0.2, 0) is 16.1 Å². The van der Waals surface area contributed by atoms with Gasteiger partial charge in [0.05, 0.1) is 5.56 Å². The molecule has 3 aromatic carbocycles. The molecule has 0 radical (unpaired) electrons. The van der Waals surface area contributed by atoms with E-state index >= 15 is 0 Å². The zero-order valence-electron chi connectivity index (χ0n) is 17.0. The van der Waals surface area contributed by atoms with Crippen molar-refractivity contribution in [3.63, 3.8) is 0 Å². The average molecular weight is 418 g/mol. The first kappa shape index (κ1) is 21.6. The van der Waals surface area contributed by atoms with Gasteiger partial charge in [0.2, 0.25) is 0 Å². The molecule has 0 atom stereocenters. The molecule has 0 aliphatic rings. The first-order valence-electron chi connectivity index (χ1n) is 9.61. The van der Waals surface area contributed by atoms with Crippen LogP contribution in [0.1, 0.15) is 31.8 Å². The lowest BCUT2D eigenvalue weighted by molar-refractivity contribution is -0.125. The summed E-state index contributed by atoms with van der Waals surface area (Å²) in [6.07, 6.45) is 0. The van der Waals surface area contributed by atoms with E-state index in [1.807, 2.05) is 37.3 Å². The number of hydrazine groups is 1. The third kappa shape index (κ3) is 6.71. The Labute approximate surface area is 180 Å². The van der Waals surface area contributed by atoms with Crippen molar-refractivity contribution in [1.82, 2.24) is 10.9 Å². The lowest BCUT2D eigenvalue weighted by Gasteiger charge is -2.09. The van der Waals surface area contributed by atoms with E-state index in [9.17, 15) is 14.4 Å². The number of esters is 1. The molecule has 0 unspecified atom stereocenters. The quantitative estimate of drug-likeness (QED) is 0.454. The van der Waals surface area contributed by atoms with Crippen LogP contribution in [0.5, 0.6) is 5.75 Å². The second kappa shape index (κ2) is 10.6. The summed E-state index contributed by atoms with van der Waals surface area (Å²) in [4.78, 5) is 35.9. The minimum atomic E-state index is -0.658. The van der Waals surface area contributed by atoms with Gasteiger partial charge in [0, 0.05) is 5.56 Å². The standard InChI is InChI=1S/C24H22N2O5/c1-17-7-9-19(10-8-17)23(28)26-25-22(27)16-31-24(29)20-11-13-21(14-12-20)30-15-18-5-3-2-4-6-18/h2-14H,15-16H2,1H3,(H,25,27)(H,26,28). The van der Waals surface area contributed by atoms with Crippen molar-refractivity contribution in [2.45, 2.75) is 13.5 Å². The number of ether oxygens (including phenoxy) is 2. The van der Waals surface area contributed by atoms with Crippen LogP contribution < -0.4 is 15.6 Å². The number of benzene rings is 3. The van der Waals surface area contributed by atoms with Crippen molar-refractivity contribution in [2.24, 2.45) is 0 Å². The van der Waals surface area contributed by atoms with Crippen molar-refractivity contribution >= 4 is 17.8 Å². The van der Waals surface area contributed by atoms with Crippen LogP contribution in [-0.4, -0.2) is 24.4 Å². The van der Waals surface area contributed by atoms with Crippen LogP contribution in [0.2, 0.25) is 0 Å². The molecule has 3 aromatic rings. The van der Waals surface area contributed by atoms with Crippen LogP contribution in [0.15, 0.2) is 78.9 Å². The van der Waals surface area contributed by atoms with Gasteiger partial charge in [-0.3, -0.25) is 20.4 Å². The van der Waals surface area contributed by atoms with Crippen molar-refractivity contribution in [2.75, 3.05) is 6.61 Å². The topological polar surface area (TPSA) is 93.7 Å². The minimum absolute atomic E-state index is 0.281. The van der Waals surface area contributed by atoms with Crippen LogP contribution >= 0.6 is 0 Å². The molecule has 0 spiro atoms. The summed E-state index contributed by atoms with van der Waals surface area (Å²) in [5.41, 5.74) is 7.21. The zero-order chi connectivity index (χ0) is 22.1. The maximum Gasteiger partial charge on any atom is 0.338 e. The Morgan fingerprint density at radius 1 is 0.774 bits per heavy atom. The van der Waals surface area contributed by atoms with Gasteiger partial charge in [0.25, 0.3) is 11.8 Å². The number of hydrogen-bond acceptors (Lipinski definition) is 5. The Morgan fingerprint density at radius 3 is 2.10 bits per heavy atom. The highest BCUT2D eigenvalue weighted by atomic mass is 16.5. The van der Waals surface area contributed by atoms with Crippen molar-refractivity contribution in [3.8, 4) is 5.75 Å². The third-order valence-electron chi connectivity index (χ3n) is 4.30. The van der Waals surface area contributed by atoms with E-state index in [0.717, 1.165) is 11.1 Å². The summed E-state index contributed by atoms with van der Waals surface area (Å²) in [6, 6.07) is 23.0. The van der Waals surface area contributed by atoms with E-state index in [1.165, 1.54) is 0 Å². The zero-order valence-corrected chi connectivity index (χ0v) is 17.0. The predicted molar refractivity (Wildman–Crippen MR) is 114 cm³/mol. The summed E-state index contributed by atoms with van der Waals surface area (Å²) in [5, 5.41) is 0. The van der Waals surface area contributed by atoms with Gasteiger partial charge in [0.15, 0.2) is 6.61 Å². The van der Waals surface area contributed by atoms with Crippen molar-refractivity contribution in [1.29, 1.82) is 0 Å². The Balaban J connectivity index is 1.40. The Hall–Kier alpha value is -4.13. The first-order chi connectivity index (χ1) is 15.0. The molecule has 0 fully saturated rings. The number of amides is 2. The van der Waals surface area contributed by atoms with Crippen LogP contribution in [0.25, 0.3) is 0 Å². The predicted octanol–water partition coefficient (Wildman–Crippen LogP) is 3.19. The summed E-state index contributed by atoms with van der Waals surface area (Å²) in [7, 11) is 0. The molecule has 31 heavy (non-hydrogen) atoms. The molecule has 0 aromatic heterocycles. The Kier molecular flexibility index (Phi) is 7.37. The largest absolute Gasteiger partial charge is 0.489 e. The number of rotatable bonds is 7. The fraction of sp³-hybridized carbons (Fsp3) is 0.125. The number of carbonyl (C=O) groups is 3. The van der Waals surface area contributed by atoms with E-state index in [-0.39, 0.29) is 5.56 Å². The molecular formula is C24H22N2O5. The van der Waals surface area contributed by atoms with E-state index in [0.29, 0.717) is 17.9 Å². The van der Waals surface area contributed by atoms with Crippen LogP contribution in [0.4, 0.5) is 0 Å².